The van der Waals surface area contributed by atoms with Gasteiger partial charge in [-0.05, 0) is 43.9 Å². The maximum atomic E-state index is 12.5. The van der Waals surface area contributed by atoms with E-state index >= 15 is 0 Å². The van der Waals surface area contributed by atoms with E-state index in [1.807, 2.05) is 6.92 Å². The van der Waals surface area contributed by atoms with Gasteiger partial charge in [0, 0.05) is 26.9 Å². The molecule has 0 aliphatic heterocycles. The third-order valence-corrected chi connectivity index (χ3v) is 6.90. The zero-order valence-electron chi connectivity index (χ0n) is 14.6. The van der Waals surface area contributed by atoms with Crippen LogP contribution in [0.3, 0.4) is 0 Å². The summed E-state index contributed by atoms with van der Waals surface area (Å²) in [6, 6.07) is 6.20. The van der Waals surface area contributed by atoms with E-state index in [4.69, 9.17) is 13.3 Å². The number of alkyl halides is 3. The molecule has 0 aromatic heterocycles. The molecule has 0 aliphatic carbocycles. The van der Waals surface area contributed by atoms with E-state index in [1.165, 1.54) is 0 Å². The summed E-state index contributed by atoms with van der Waals surface area (Å²) in [5, 5.41) is 0. The normalized spacial score (nSPS) is 12.6. The summed E-state index contributed by atoms with van der Waals surface area (Å²) in [6.45, 7) is 2.49. The minimum atomic E-state index is -4.27. The van der Waals surface area contributed by atoms with E-state index < -0.39 is 20.5 Å². The van der Waals surface area contributed by atoms with Gasteiger partial charge in [0.15, 0.2) is 0 Å². The highest BCUT2D eigenvalue weighted by atomic mass is 28.4. The lowest BCUT2D eigenvalue weighted by Crippen LogP contribution is -2.43. The molecule has 0 aliphatic rings. The van der Waals surface area contributed by atoms with Crippen molar-refractivity contribution in [2.45, 2.75) is 51.2 Å². The largest absolute Gasteiger partial charge is 0.500 e. The van der Waals surface area contributed by atoms with Crippen LogP contribution in [0.1, 0.15) is 43.7 Å². The Labute approximate surface area is 143 Å². The molecule has 0 heterocycles. The molecule has 0 bridgehead atoms. The zero-order chi connectivity index (χ0) is 18.1. The summed E-state index contributed by atoms with van der Waals surface area (Å²) in [6.07, 6.45) is 0.481. The molecule has 1 rings (SSSR count). The quantitative estimate of drug-likeness (QED) is 0.405. The predicted octanol–water partition coefficient (Wildman–Crippen LogP) is 5.08. The Bertz CT molecular complexity index is 459. The van der Waals surface area contributed by atoms with Crippen LogP contribution in [0.15, 0.2) is 24.3 Å². The molecule has 24 heavy (non-hydrogen) atoms. The van der Waals surface area contributed by atoms with Gasteiger partial charge < -0.3 is 13.3 Å². The second kappa shape index (κ2) is 10.2. The van der Waals surface area contributed by atoms with Gasteiger partial charge in [-0.3, -0.25) is 0 Å². The number of unbranched alkanes of at least 4 members (excludes halogenated alkanes) is 3. The number of aryl methyl sites for hydroxylation is 1. The van der Waals surface area contributed by atoms with Gasteiger partial charge in [-0.25, -0.2) is 0 Å². The minimum Gasteiger partial charge on any atom is -0.377 e. The molecule has 138 valence electrons. The van der Waals surface area contributed by atoms with E-state index in [2.05, 4.69) is 0 Å². The molecule has 3 nitrogen and oxygen atoms in total. The molecule has 1 aromatic rings. The number of rotatable bonds is 11. The third kappa shape index (κ3) is 6.92. The molecular weight excluding hydrogens is 337 g/mol. The fourth-order valence-corrected chi connectivity index (χ4v) is 4.66. The average Bonchev–Trinajstić information content (AvgIpc) is 2.56. The number of halogens is 3. The van der Waals surface area contributed by atoms with E-state index in [9.17, 15) is 13.2 Å². The van der Waals surface area contributed by atoms with E-state index in [0.29, 0.717) is 6.61 Å². The molecule has 0 N–H and O–H groups in total. The lowest BCUT2D eigenvalue weighted by atomic mass is 10.0. The molecule has 0 unspecified atom stereocenters. The Kier molecular flexibility index (Phi) is 8.97. The second-order valence-corrected chi connectivity index (χ2v) is 8.60. The smallest absolute Gasteiger partial charge is 0.377 e. The van der Waals surface area contributed by atoms with E-state index in [1.54, 1.807) is 26.4 Å². The Morgan fingerprint density at radius 2 is 1.50 bits per heavy atom. The lowest BCUT2D eigenvalue weighted by Gasteiger charge is -2.25. The van der Waals surface area contributed by atoms with Crippen LogP contribution in [0.25, 0.3) is 0 Å². The van der Waals surface area contributed by atoms with Crippen LogP contribution in [0.5, 0.6) is 0 Å². The van der Waals surface area contributed by atoms with Crippen LogP contribution in [0, 0.1) is 0 Å². The summed E-state index contributed by atoms with van der Waals surface area (Å²) < 4.78 is 54.0. The minimum absolute atomic E-state index is 0.571. The zero-order valence-corrected chi connectivity index (χ0v) is 15.6. The molecule has 0 fully saturated rings. The Balaban J connectivity index is 2.26. The maximum Gasteiger partial charge on any atom is 0.500 e. The number of hydrogen-bond acceptors (Lipinski definition) is 3. The van der Waals surface area contributed by atoms with Crippen molar-refractivity contribution >= 4 is 8.80 Å². The van der Waals surface area contributed by atoms with Crippen LogP contribution >= 0.6 is 0 Å². The van der Waals surface area contributed by atoms with Gasteiger partial charge in [0.1, 0.15) is 0 Å². The monoisotopic (exact) mass is 364 g/mol. The maximum absolute atomic E-state index is 12.5. The van der Waals surface area contributed by atoms with Gasteiger partial charge in [-0.15, -0.1) is 0 Å². The highest BCUT2D eigenvalue weighted by Crippen LogP contribution is 2.29. The van der Waals surface area contributed by atoms with Crippen LogP contribution < -0.4 is 0 Å². The van der Waals surface area contributed by atoms with Crippen molar-refractivity contribution in [3.8, 4) is 0 Å². The molecular formula is C17H27F3O3Si. The first-order valence-corrected chi connectivity index (χ1v) is 10.2. The van der Waals surface area contributed by atoms with Gasteiger partial charge in [0.25, 0.3) is 0 Å². The van der Waals surface area contributed by atoms with Crippen LogP contribution in [-0.4, -0.2) is 29.6 Å². The van der Waals surface area contributed by atoms with Gasteiger partial charge in [-0.2, -0.15) is 13.2 Å². The Morgan fingerprint density at radius 1 is 0.917 bits per heavy atom. The first-order chi connectivity index (χ1) is 11.4. The van der Waals surface area contributed by atoms with Gasteiger partial charge >= 0.3 is 15.0 Å². The summed E-state index contributed by atoms with van der Waals surface area (Å²) in [5.41, 5.74) is 0.345. The van der Waals surface area contributed by atoms with Gasteiger partial charge in [0.2, 0.25) is 0 Å². The van der Waals surface area contributed by atoms with Crippen molar-refractivity contribution < 1.29 is 26.4 Å². The number of benzene rings is 1. The highest BCUT2D eigenvalue weighted by Gasteiger charge is 2.37. The summed E-state index contributed by atoms with van der Waals surface area (Å²) in [7, 11) is 0.744. The Morgan fingerprint density at radius 3 is 2.00 bits per heavy atom. The van der Waals surface area contributed by atoms with Crippen molar-refractivity contribution in [2.24, 2.45) is 0 Å². The average molecular weight is 364 g/mol. The summed E-state index contributed by atoms with van der Waals surface area (Å²) in [4.78, 5) is 0. The summed E-state index contributed by atoms with van der Waals surface area (Å²) in [5.74, 6) is 0. The Hall–Kier alpha value is -0.893. The molecule has 1 aromatic carbocycles. The van der Waals surface area contributed by atoms with Crippen molar-refractivity contribution in [1.29, 1.82) is 0 Å². The molecule has 0 atom stereocenters. The molecule has 0 amide bonds. The van der Waals surface area contributed by atoms with E-state index in [0.717, 1.165) is 55.8 Å². The first kappa shape index (κ1) is 21.2. The van der Waals surface area contributed by atoms with Crippen molar-refractivity contribution in [2.75, 3.05) is 20.8 Å². The molecule has 7 heteroatoms. The summed E-state index contributed by atoms with van der Waals surface area (Å²) >= 11 is 0. The predicted molar refractivity (Wildman–Crippen MR) is 89.8 cm³/mol. The third-order valence-electron chi connectivity index (χ3n) is 3.97. The molecule has 0 saturated heterocycles. The SMILES string of the molecule is CCO[Si](CCCCCCc1ccc(C(F)(F)F)cc1)(OC)OC. The fraction of sp³-hybridized carbons (Fsp3) is 0.647. The van der Waals surface area contributed by atoms with Crippen LogP contribution in [-0.2, 0) is 25.9 Å². The van der Waals surface area contributed by atoms with Crippen molar-refractivity contribution in [3.63, 3.8) is 0 Å². The van der Waals surface area contributed by atoms with Crippen molar-refractivity contribution in [3.05, 3.63) is 35.4 Å². The molecule has 0 radical (unpaired) electrons. The molecule has 0 saturated carbocycles. The van der Waals surface area contributed by atoms with Crippen LogP contribution in [0.4, 0.5) is 13.2 Å². The fourth-order valence-electron chi connectivity index (χ4n) is 2.58. The number of hydrogen-bond donors (Lipinski definition) is 0. The first-order valence-electron chi connectivity index (χ1n) is 8.27. The van der Waals surface area contributed by atoms with Gasteiger partial charge in [0.05, 0.1) is 5.56 Å². The van der Waals surface area contributed by atoms with Crippen molar-refractivity contribution in [1.82, 2.24) is 0 Å². The topological polar surface area (TPSA) is 27.7 Å². The highest BCUT2D eigenvalue weighted by molar-refractivity contribution is 6.60. The van der Waals surface area contributed by atoms with E-state index in [-0.39, 0.29) is 0 Å². The lowest BCUT2D eigenvalue weighted by molar-refractivity contribution is -0.137. The second-order valence-electron chi connectivity index (χ2n) is 5.63. The van der Waals surface area contributed by atoms with Gasteiger partial charge in [-0.1, -0.05) is 25.0 Å². The van der Waals surface area contributed by atoms with Crippen LogP contribution in [0.2, 0.25) is 6.04 Å². The molecule has 0 spiro atoms. The standard InChI is InChI=1S/C17H27F3O3Si/c1-4-23-24(21-2,22-3)14-8-6-5-7-9-15-10-12-16(13-11-15)17(18,19)20/h10-13H,4-9,14H2,1-3H3.